The highest BCUT2D eigenvalue weighted by Gasteiger charge is 2.45. The van der Waals surface area contributed by atoms with Gasteiger partial charge in [0.25, 0.3) is 5.91 Å². The number of fused-ring (bicyclic) bond motifs is 1. The van der Waals surface area contributed by atoms with Gasteiger partial charge in [-0.1, -0.05) is 0 Å². The molecule has 2 fully saturated rings. The van der Waals surface area contributed by atoms with E-state index in [1.165, 1.54) is 11.2 Å². The van der Waals surface area contributed by atoms with Crippen molar-refractivity contribution >= 4 is 28.9 Å². The molecule has 0 bridgehead atoms. The van der Waals surface area contributed by atoms with Crippen molar-refractivity contribution in [3.05, 3.63) is 12.7 Å². The Bertz CT molecular complexity index is 921. The Labute approximate surface area is 157 Å². The van der Waals surface area contributed by atoms with Crippen LogP contribution >= 0.6 is 0 Å². The first-order valence-corrected chi connectivity index (χ1v) is 8.79. The predicted octanol–water partition coefficient (Wildman–Crippen LogP) is 1.16. The molecule has 2 aromatic heterocycles. The minimum Gasteiger partial charge on any atom is -0.355 e. The van der Waals surface area contributed by atoms with E-state index < -0.39 is 24.7 Å². The fourth-order valence-corrected chi connectivity index (χ4v) is 3.73. The summed E-state index contributed by atoms with van der Waals surface area (Å²) in [5, 5.41) is 0. The van der Waals surface area contributed by atoms with E-state index in [1.807, 2.05) is 11.9 Å². The lowest BCUT2D eigenvalue weighted by atomic mass is 10.0. The number of nitrogens with zero attached hydrogens (tertiary/aromatic N) is 7. The molecule has 3 amide bonds. The fourth-order valence-electron chi connectivity index (χ4n) is 3.73. The molecule has 2 aliphatic rings. The molecule has 28 heavy (non-hydrogen) atoms. The van der Waals surface area contributed by atoms with Gasteiger partial charge in [-0.15, -0.1) is 0 Å². The molecule has 12 heteroatoms. The fraction of sp³-hybridized carbons (Fsp3) is 0.562. The summed E-state index contributed by atoms with van der Waals surface area (Å²) in [7, 11) is 1.83. The lowest BCUT2D eigenvalue weighted by molar-refractivity contribution is -0.151. The van der Waals surface area contributed by atoms with E-state index in [1.54, 1.807) is 10.9 Å². The number of urea groups is 1. The highest BCUT2D eigenvalue weighted by atomic mass is 19.4. The maximum absolute atomic E-state index is 12.6. The first-order chi connectivity index (χ1) is 13.2. The Morgan fingerprint density at radius 3 is 2.54 bits per heavy atom. The predicted molar refractivity (Wildman–Crippen MR) is 91.4 cm³/mol. The summed E-state index contributed by atoms with van der Waals surface area (Å²) >= 11 is 0. The van der Waals surface area contributed by atoms with Gasteiger partial charge in [0.2, 0.25) is 0 Å². The second-order valence-corrected chi connectivity index (χ2v) is 6.95. The van der Waals surface area contributed by atoms with Gasteiger partial charge in [-0.25, -0.2) is 19.7 Å². The smallest absolute Gasteiger partial charge is 0.355 e. The highest BCUT2D eigenvalue weighted by Crippen LogP contribution is 2.28. The molecule has 9 nitrogen and oxygen atoms in total. The van der Waals surface area contributed by atoms with Gasteiger partial charge in [-0.3, -0.25) is 9.69 Å². The van der Waals surface area contributed by atoms with E-state index in [0.29, 0.717) is 42.9 Å². The quantitative estimate of drug-likeness (QED) is 0.723. The zero-order chi connectivity index (χ0) is 20.1. The van der Waals surface area contributed by atoms with Gasteiger partial charge in [0, 0.05) is 26.2 Å². The van der Waals surface area contributed by atoms with Crippen LogP contribution in [0.2, 0.25) is 0 Å². The largest absolute Gasteiger partial charge is 0.406 e. The molecule has 150 valence electrons. The average molecular weight is 397 g/mol. The van der Waals surface area contributed by atoms with E-state index in [4.69, 9.17) is 0 Å². The molecule has 2 aliphatic heterocycles. The average Bonchev–Trinajstić information content (AvgIpc) is 3.16. The number of carbonyl (C=O) groups excluding carboxylic acids is 2. The first kappa shape index (κ1) is 18.4. The van der Waals surface area contributed by atoms with Gasteiger partial charge < -0.3 is 14.4 Å². The van der Waals surface area contributed by atoms with Gasteiger partial charge >= 0.3 is 12.2 Å². The van der Waals surface area contributed by atoms with E-state index in [2.05, 4.69) is 15.0 Å². The van der Waals surface area contributed by atoms with E-state index in [0.717, 1.165) is 0 Å². The van der Waals surface area contributed by atoms with Gasteiger partial charge in [-0.05, 0) is 12.8 Å². The summed E-state index contributed by atoms with van der Waals surface area (Å²) in [5.74, 6) is -0.123. The summed E-state index contributed by atoms with van der Waals surface area (Å²) in [4.78, 5) is 40.6. The third-order valence-corrected chi connectivity index (χ3v) is 5.10. The maximum Gasteiger partial charge on any atom is 0.406 e. The summed E-state index contributed by atoms with van der Waals surface area (Å²) < 4.78 is 39.6. The van der Waals surface area contributed by atoms with Crippen molar-refractivity contribution in [2.45, 2.75) is 25.1 Å². The molecule has 0 unspecified atom stereocenters. The van der Waals surface area contributed by atoms with Crippen LogP contribution in [0.5, 0.6) is 0 Å². The Morgan fingerprint density at radius 2 is 1.86 bits per heavy atom. The normalized spacial score (nSPS) is 19.4. The van der Waals surface area contributed by atoms with E-state index >= 15 is 0 Å². The number of imidazole rings is 1. The molecule has 2 aromatic rings. The van der Waals surface area contributed by atoms with Crippen LogP contribution in [0.15, 0.2) is 12.7 Å². The van der Waals surface area contributed by atoms with Crippen molar-refractivity contribution in [3.63, 3.8) is 0 Å². The number of carbonyl (C=O) groups is 2. The lowest BCUT2D eigenvalue weighted by Crippen LogP contribution is -2.47. The van der Waals surface area contributed by atoms with Crippen molar-refractivity contribution in [2.75, 3.05) is 31.1 Å². The van der Waals surface area contributed by atoms with Crippen LogP contribution in [0, 0.1) is 0 Å². The first-order valence-electron chi connectivity index (χ1n) is 8.79. The number of alkyl halides is 3. The Hall–Kier alpha value is -2.92. The van der Waals surface area contributed by atoms with Gasteiger partial charge in [0.05, 0.1) is 6.33 Å². The second kappa shape index (κ2) is 6.60. The Kier molecular flexibility index (Phi) is 4.35. The van der Waals surface area contributed by atoms with Gasteiger partial charge in [0.15, 0.2) is 17.0 Å². The highest BCUT2D eigenvalue weighted by molar-refractivity contribution is 6.02. The SMILES string of the molecule is Cn1cnc2c(N3CCC(N4CC(=O)N(CC(F)(F)F)C4=O)CC3)ncnc21. The number of anilines is 1. The molecule has 0 radical (unpaired) electrons. The third kappa shape index (κ3) is 3.22. The number of hydrogen-bond acceptors (Lipinski definition) is 6. The monoisotopic (exact) mass is 397 g/mol. The van der Waals surface area contributed by atoms with Crippen LogP contribution in [-0.4, -0.2) is 79.7 Å². The minimum absolute atomic E-state index is 0.285. The number of hydrogen-bond donors (Lipinski definition) is 0. The maximum atomic E-state index is 12.6. The summed E-state index contributed by atoms with van der Waals surface area (Å²) in [6.45, 7) is -0.759. The summed E-state index contributed by atoms with van der Waals surface area (Å²) in [6.07, 6.45) is -0.442. The molecule has 0 N–H and O–H groups in total. The molecular formula is C16H18F3N7O2. The lowest BCUT2D eigenvalue weighted by Gasteiger charge is -2.36. The zero-order valence-electron chi connectivity index (χ0n) is 15.1. The summed E-state index contributed by atoms with van der Waals surface area (Å²) in [6, 6.07) is -1.15. The molecule has 0 spiro atoms. The molecule has 0 saturated carbocycles. The Morgan fingerprint density at radius 1 is 1.14 bits per heavy atom. The number of piperidine rings is 1. The number of aromatic nitrogens is 4. The number of halogens is 3. The molecule has 2 saturated heterocycles. The molecule has 0 atom stereocenters. The Balaban J connectivity index is 1.44. The standard InChI is InChI=1S/C16H18F3N7O2/c1-23-9-22-12-13(23)20-8-21-14(12)24-4-2-10(3-5-24)25-6-11(27)26(15(25)28)7-16(17,18)19/h8-10H,2-7H2,1H3. The van der Waals surface area contributed by atoms with Crippen LogP contribution in [0.3, 0.4) is 0 Å². The molecular weight excluding hydrogens is 379 g/mol. The van der Waals surface area contributed by atoms with Crippen molar-refractivity contribution in [3.8, 4) is 0 Å². The molecule has 4 rings (SSSR count). The molecule has 4 heterocycles. The number of amides is 3. The van der Waals surface area contributed by atoms with E-state index in [9.17, 15) is 22.8 Å². The van der Waals surface area contributed by atoms with Crippen LogP contribution in [0.4, 0.5) is 23.8 Å². The molecule has 0 aromatic carbocycles. The van der Waals surface area contributed by atoms with Gasteiger partial charge in [-0.2, -0.15) is 13.2 Å². The number of aryl methyl sites for hydroxylation is 1. The molecule has 0 aliphatic carbocycles. The zero-order valence-corrected chi connectivity index (χ0v) is 15.1. The number of rotatable bonds is 3. The van der Waals surface area contributed by atoms with Crippen molar-refractivity contribution in [1.82, 2.24) is 29.3 Å². The topological polar surface area (TPSA) is 87.5 Å². The van der Waals surface area contributed by atoms with Crippen molar-refractivity contribution in [2.24, 2.45) is 7.05 Å². The van der Waals surface area contributed by atoms with Crippen molar-refractivity contribution < 1.29 is 22.8 Å². The van der Waals surface area contributed by atoms with Crippen molar-refractivity contribution in [1.29, 1.82) is 0 Å². The van der Waals surface area contributed by atoms with Crippen LogP contribution < -0.4 is 4.90 Å². The van der Waals surface area contributed by atoms with E-state index in [-0.39, 0.29) is 17.5 Å². The van der Waals surface area contributed by atoms with Crippen LogP contribution in [0.25, 0.3) is 11.2 Å². The third-order valence-electron chi connectivity index (χ3n) is 5.10. The van der Waals surface area contributed by atoms with Gasteiger partial charge in [0.1, 0.15) is 19.4 Å². The van der Waals surface area contributed by atoms with Crippen LogP contribution in [-0.2, 0) is 11.8 Å². The number of imide groups is 1. The van der Waals surface area contributed by atoms with Crippen LogP contribution in [0.1, 0.15) is 12.8 Å². The summed E-state index contributed by atoms with van der Waals surface area (Å²) in [5.41, 5.74) is 1.38. The second-order valence-electron chi connectivity index (χ2n) is 6.95. The minimum atomic E-state index is -4.61.